The minimum atomic E-state index is -1.15. The average molecular weight is 480 g/mol. The second-order valence-electron chi connectivity index (χ2n) is 8.50. The maximum Gasteiger partial charge on any atom is 0.407 e. The first-order chi connectivity index (χ1) is 15.5. The zero-order valence-corrected chi connectivity index (χ0v) is 19.0. The Morgan fingerprint density at radius 1 is 1.09 bits per heavy atom. The molecule has 1 aliphatic rings. The van der Waals surface area contributed by atoms with Crippen LogP contribution in [0.3, 0.4) is 0 Å². The van der Waals surface area contributed by atoms with Crippen molar-refractivity contribution >= 4 is 29.2 Å². The summed E-state index contributed by atoms with van der Waals surface area (Å²) < 4.78 is 32.5. The number of aliphatic carboxylic acids is 1. The van der Waals surface area contributed by atoms with Crippen molar-refractivity contribution in [1.82, 2.24) is 4.90 Å². The van der Waals surface area contributed by atoms with E-state index in [1.165, 1.54) is 0 Å². The number of nitrogens with zero attached hydrogens (tertiary/aromatic N) is 1. The van der Waals surface area contributed by atoms with Gasteiger partial charge in [0.1, 0.15) is 10.8 Å². The normalized spacial score (nSPS) is 15.5. The van der Waals surface area contributed by atoms with Crippen LogP contribution in [0.2, 0.25) is 5.02 Å². The van der Waals surface area contributed by atoms with Crippen molar-refractivity contribution in [3.8, 4) is 5.75 Å². The zero-order chi connectivity index (χ0) is 24.3. The molecule has 1 amide bonds. The van der Waals surface area contributed by atoms with E-state index in [1.807, 2.05) is 38.1 Å². The number of hydrogen-bond donors (Lipinski definition) is 2. The van der Waals surface area contributed by atoms with Gasteiger partial charge in [-0.15, -0.1) is 0 Å². The molecule has 176 valence electrons. The van der Waals surface area contributed by atoms with E-state index in [0.717, 1.165) is 28.2 Å². The number of hydrogen-bond acceptors (Lipinski definition) is 3. The molecule has 2 aromatic carbocycles. The molecule has 0 bridgehead atoms. The molecule has 6 nitrogen and oxygen atoms in total. The number of halogens is 3. The van der Waals surface area contributed by atoms with E-state index < -0.39 is 34.1 Å². The van der Waals surface area contributed by atoms with Gasteiger partial charge in [0.15, 0.2) is 11.6 Å². The Hall–Kier alpha value is -3.13. The molecule has 0 saturated carbocycles. The SMILES string of the molecule is CC1(C)CN(C(=O)O)CC(C(=O)O)=C1c1ccc(CCCOc2c(F)ccc(F)c2Cl)cc1. The summed E-state index contributed by atoms with van der Waals surface area (Å²) in [5.41, 5.74) is 1.65. The minimum Gasteiger partial charge on any atom is -0.489 e. The van der Waals surface area contributed by atoms with Crippen LogP contribution in [0.25, 0.3) is 5.57 Å². The van der Waals surface area contributed by atoms with Gasteiger partial charge in [-0.05, 0) is 41.7 Å². The third-order valence-electron chi connectivity index (χ3n) is 5.54. The molecule has 0 fully saturated rings. The maximum atomic E-state index is 13.8. The van der Waals surface area contributed by atoms with Crippen molar-refractivity contribution in [3.63, 3.8) is 0 Å². The number of rotatable bonds is 7. The highest BCUT2D eigenvalue weighted by molar-refractivity contribution is 6.32. The Labute approximate surface area is 195 Å². The summed E-state index contributed by atoms with van der Waals surface area (Å²) in [6, 6.07) is 9.24. The third-order valence-corrected chi connectivity index (χ3v) is 5.90. The maximum absolute atomic E-state index is 13.8. The number of carboxylic acids is 1. The standard InChI is InChI=1S/C24H24ClF2NO5/c1-24(2)13-28(23(31)32)12-16(22(29)30)19(24)15-7-5-14(6-8-15)4-3-11-33-21-18(27)10-9-17(26)20(21)25/h5-10H,3-4,11-13H2,1-2H3,(H,29,30)(H,31,32). The van der Waals surface area contributed by atoms with Crippen LogP contribution in [-0.4, -0.2) is 46.9 Å². The van der Waals surface area contributed by atoms with Gasteiger partial charge in [0.25, 0.3) is 0 Å². The van der Waals surface area contributed by atoms with Crippen molar-refractivity contribution in [3.05, 3.63) is 69.8 Å². The van der Waals surface area contributed by atoms with E-state index in [9.17, 15) is 28.6 Å². The molecule has 0 saturated heterocycles. The van der Waals surface area contributed by atoms with Gasteiger partial charge in [-0.25, -0.2) is 18.4 Å². The second-order valence-corrected chi connectivity index (χ2v) is 8.88. The number of ether oxygens (including phenoxy) is 1. The average Bonchev–Trinajstić information content (AvgIpc) is 2.75. The lowest BCUT2D eigenvalue weighted by Crippen LogP contribution is -2.45. The van der Waals surface area contributed by atoms with E-state index in [0.29, 0.717) is 18.4 Å². The van der Waals surface area contributed by atoms with Crippen molar-refractivity contribution in [1.29, 1.82) is 0 Å². The lowest BCUT2D eigenvalue weighted by Gasteiger charge is -2.39. The Morgan fingerprint density at radius 2 is 1.73 bits per heavy atom. The largest absolute Gasteiger partial charge is 0.489 e. The van der Waals surface area contributed by atoms with Crippen molar-refractivity contribution in [2.75, 3.05) is 19.7 Å². The number of amides is 1. The number of carboxylic acid groups (broad SMARTS) is 2. The van der Waals surface area contributed by atoms with E-state index in [-0.39, 0.29) is 31.0 Å². The van der Waals surface area contributed by atoms with Crippen LogP contribution < -0.4 is 4.74 Å². The summed E-state index contributed by atoms with van der Waals surface area (Å²) in [6.45, 7) is 3.78. The van der Waals surface area contributed by atoms with E-state index in [4.69, 9.17) is 16.3 Å². The highest BCUT2D eigenvalue weighted by atomic mass is 35.5. The van der Waals surface area contributed by atoms with E-state index in [1.54, 1.807) is 0 Å². The highest BCUT2D eigenvalue weighted by Crippen LogP contribution is 2.41. The predicted octanol–water partition coefficient (Wildman–Crippen LogP) is 5.49. The molecule has 33 heavy (non-hydrogen) atoms. The van der Waals surface area contributed by atoms with Gasteiger partial charge in [-0.2, -0.15) is 0 Å². The molecule has 3 rings (SSSR count). The Morgan fingerprint density at radius 3 is 2.33 bits per heavy atom. The lowest BCUT2D eigenvalue weighted by atomic mass is 9.74. The van der Waals surface area contributed by atoms with Crippen molar-refractivity contribution in [2.45, 2.75) is 26.7 Å². The van der Waals surface area contributed by atoms with Gasteiger partial charge in [-0.3, -0.25) is 0 Å². The molecule has 2 N–H and O–H groups in total. The summed E-state index contributed by atoms with van der Waals surface area (Å²) in [7, 11) is 0. The molecule has 9 heteroatoms. The first kappa shape index (κ1) is 24.5. The molecule has 0 aromatic heterocycles. The lowest BCUT2D eigenvalue weighted by molar-refractivity contribution is -0.133. The topological polar surface area (TPSA) is 87.1 Å². The molecular formula is C24H24ClF2NO5. The van der Waals surface area contributed by atoms with Gasteiger partial charge < -0.3 is 19.8 Å². The van der Waals surface area contributed by atoms with Crippen LogP contribution in [-0.2, 0) is 11.2 Å². The smallest absolute Gasteiger partial charge is 0.407 e. The van der Waals surface area contributed by atoms with Gasteiger partial charge in [0, 0.05) is 12.0 Å². The molecule has 1 aliphatic heterocycles. The zero-order valence-electron chi connectivity index (χ0n) is 18.2. The minimum absolute atomic E-state index is 0.0591. The van der Waals surface area contributed by atoms with Crippen LogP contribution in [0.5, 0.6) is 5.75 Å². The molecule has 2 aromatic rings. The summed E-state index contributed by atoms with van der Waals surface area (Å²) in [5, 5.41) is 18.6. The van der Waals surface area contributed by atoms with Crippen LogP contribution in [0, 0.1) is 17.0 Å². The van der Waals surface area contributed by atoms with Crippen LogP contribution >= 0.6 is 11.6 Å². The number of benzene rings is 2. The molecule has 0 radical (unpaired) electrons. The van der Waals surface area contributed by atoms with Crippen LogP contribution in [0.1, 0.15) is 31.4 Å². The van der Waals surface area contributed by atoms with Gasteiger partial charge >= 0.3 is 12.1 Å². The Bertz CT molecular complexity index is 1100. The summed E-state index contributed by atoms with van der Waals surface area (Å²) in [5.74, 6) is -2.94. The highest BCUT2D eigenvalue weighted by Gasteiger charge is 2.38. The fraction of sp³-hybridized carbons (Fsp3) is 0.333. The van der Waals surface area contributed by atoms with Gasteiger partial charge in [0.05, 0.1) is 18.7 Å². The van der Waals surface area contributed by atoms with E-state index in [2.05, 4.69) is 0 Å². The molecule has 0 unspecified atom stereocenters. The molecular weight excluding hydrogens is 456 g/mol. The van der Waals surface area contributed by atoms with Gasteiger partial charge in [0.2, 0.25) is 0 Å². The van der Waals surface area contributed by atoms with Crippen molar-refractivity contribution in [2.24, 2.45) is 5.41 Å². The molecule has 0 aliphatic carbocycles. The third kappa shape index (κ3) is 5.45. The van der Waals surface area contributed by atoms with E-state index >= 15 is 0 Å². The van der Waals surface area contributed by atoms with Crippen LogP contribution in [0.15, 0.2) is 42.0 Å². The molecule has 1 heterocycles. The van der Waals surface area contributed by atoms with Gasteiger partial charge in [-0.1, -0.05) is 49.7 Å². The summed E-state index contributed by atoms with van der Waals surface area (Å²) in [6.07, 6.45) is -0.0401. The monoisotopic (exact) mass is 479 g/mol. The number of aryl methyl sites for hydroxylation is 1. The number of carbonyl (C=O) groups is 2. The Balaban J connectivity index is 1.70. The fourth-order valence-electron chi connectivity index (χ4n) is 4.09. The second kappa shape index (κ2) is 9.79. The van der Waals surface area contributed by atoms with Crippen molar-refractivity contribution < 1.29 is 33.3 Å². The first-order valence-electron chi connectivity index (χ1n) is 10.3. The predicted molar refractivity (Wildman–Crippen MR) is 120 cm³/mol. The molecule has 0 atom stereocenters. The fourth-order valence-corrected chi connectivity index (χ4v) is 4.30. The summed E-state index contributed by atoms with van der Waals surface area (Å²) >= 11 is 5.75. The first-order valence-corrected chi connectivity index (χ1v) is 10.7. The Kier molecular flexibility index (Phi) is 7.27. The summed E-state index contributed by atoms with van der Waals surface area (Å²) in [4.78, 5) is 24.4. The quantitative estimate of drug-likeness (QED) is 0.405. The molecule has 0 spiro atoms. The van der Waals surface area contributed by atoms with Crippen LogP contribution in [0.4, 0.5) is 13.6 Å².